The molecule has 0 saturated heterocycles. The molecule has 0 bridgehead atoms. The van der Waals surface area contributed by atoms with Crippen molar-refractivity contribution in [3.8, 4) is 0 Å². The number of rotatable bonds is 12. The fraction of sp³-hybridized carbons (Fsp3) is 0.941. The Morgan fingerprint density at radius 2 is 1.20 bits per heavy atom. The van der Waals surface area contributed by atoms with Gasteiger partial charge in [0.25, 0.3) is 0 Å². The SMILES string of the molecule is CC(C)CCSCC(CSCCC(C)C)C(=O)C(C)C. The minimum absolute atomic E-state index is 0.177. The Kier molecular flexibility index (Phi) is 12.2. The highest BCUT2D eigenvalue weighted by molar-refractivity contribution is 8.00. The van der Waals surface area contributed by atoms with Gasteiger partial charge in [0.15, 0.2) is 0 Å². The normalized spacial score (nSPS) is 12.1. The lowest BCUT2D eigenvalue weighted by molar-refractivity contribution is -0.124. The third kappa shape index (κ3) is 11.1. The molecule has 0 fully saturated rings. The predicted octanol–water partition coefficient (Wildman–Crippen LogP) is 5.39. The molecule has 0 heterocycles. The van der Waals surface area contributed by atoms with Crippen molar-refractivity contribution >= 4 is 29.3 Å². The summed E-state index contributed by atoms with van der Waals surface area (Å²) in [5.74, 6) is 6.83. The van der Waals surface area contributed by atoms with Crippen LogP contribution < -0.4 is 0 Å². The van der Waals surface area contributed by atoms with Crippen molar-refractivity contribution in [2.45, 2.75) is 54.4 Å². The zero-order valence-electron chi connectivity index (χ0n) is 14.3. The quantitative estimate of drug-likeness (QED) is 0.449. The van der Waals surface area contributed by atoms with E-state index in [-0.39, 0.29) is 11.8 Å². The lowest BCUT2D eigenvalue weighted by Gasteiger charge is -2.18. The number of carbonyl (C=O) groups is 1. The summed E-state index contributed by atoms with van der Waals surface area (Å²) in [6.45, 7) is 13.1. The van der Waals surface area contributed by atoms with Crippen LogP contribution in [0.4, 0.5) is 0 Å². The van der Waals surface area contributed by atoms with Crippen LogP contribution in [-0.2, 0) is 4.79 Å². The molecule has 20 heavy (non-hydrogen) atoms. The Balaban J connectivity index is 4.04. The summed E-state index contributed by atoms with van der Waals surface area (Å²) >= 11 is 3.93. The first kappa shape index (κ1) is 20.4. The lowest BCUT2D eigenvalue weighted by atomic mass is 9.99. The summed E-state index contributed by atoms with van der Waals surface area (Å²) in [6, 6.07) is 0. The Bertz CT molecular complexity index is 233. The molecule has 3 heteroatoms. The standard InChI is InChI=1S/C17H34OS2/c1-13(2)7-9-19-11-16(17(18)15(5)6)12-20-10-8-14(3)4/h13-16H,7-12H2,1-6H3. The highest BCUT2D eigenvalue weighted by atomic mass is 32.2. The van der Waals surface area contributed by atoms with E-state index < -0.39 is 0 Å². The van der Waals surface area contributed by atoms with Crippen molar-refractivity contribution in [2.75, 3.05) is 23.0 Å². The van der Waals surface area contributed by atoms with Crippen LogP contribution in [0.15, 0.2) is 0 Å². The van der Waals surface area contributed by atoms with Crippen molar-refractivity contribution < 1.29 is 4.79 Å². The summed E-state index contributed by atoms with van der Waals surface area (Å²) in [5.41, 5.74) is 0. The van der Waals surface area contributed by atoms with E-state index in [1.165, 1.54) is 24.3 Å². The van der Waals surface area contributed by atoms with Crippen LogP contribution in [0.2, 0.25) is 0 Å². The van der Waals surface area contributed by atoms with Crippen LogP contribution in [0.25, 0.3) is 0 Å². The number of hydrogen-bond donors (Lipinski definition) is 0. The number of ketones is 1. The molecule has 0 rings (SSSR count). The van der Waals surface area contributed by atoms with E-state index in [4.69, 9.17) is 0 Å². The van der Waals surface area contributed by atoms with E-state index in [1.54, 1.807) is 0 Å². The third-order valence-electron chi connectivity index (χ3n) is 3.29. The number of thioether (sulfide) groups is 2. The van der Waals surface area contributed by atoms with Gasteiger partial charge >= 0.3 is 0 Å². The zero-order chi connectivity index (χ0) is 15.5. The van der Waals surface area contributed by atoms with E-state index in [0.717, 1.165) is 23.3 Å². The molecule has 0 aliphatic rings. The molecule has 0 saturated carbocycles. The molecule has 0 aromatic heterocycles. The first-order valence-corrected chi connectivity index (χ1v) is 10.3. The summed E-state index contributed by atoms with van der Waals surface area (Å²) in [5, 5.41) is 0. The molecule has 0 aromatic rings. The molecular formula is C17H34OS2. The van der Waals surface area contributed by atoms with Gasteiger partial charge in [0.1, 0.15) is 5.78 Å². The van der Waals surface area contributed by atoms with Crippen LogP contribution in [0, 0.1) is 23.7 Å². The Labute approximate surface area is 135 Å². The third-order valence-corrected chi connectivity index (χ3v) is 5.61. The van der Waals surface area contributed by atoms with Gasteiger partial charge in [-0.3, -0.25) is 4.79 Å². The number of carbonyl (C=O) groups excluding carboxylic acids is 1. The van der Waals surface area contributed by atoms with E-state index >= 15 is 0 Å². The first-order chi connectivity index (χ1) is 9.34. The fourth-order valence-electron chi connectivity index (χ4n) is 1.77. The predicted molar refractivity (Wildman–Crippen MR) is 96.9 cm³/mol. The van der Waals surface area contributed by atoms with Crippen molar-refractivity contribution in [3.05, 3.63) is 0 Å². The molecule has 0 unspecified atom stereocenters. The molecule has 0 atom stereocenters. The molecule has 0 aliphatic heterocycles. The molecule has 0 aliphatic carbocycles. The van der Waals surface area contributed by atoms with Crippen LogP contribution in [0.1, 0.15) is 54.4 Å². The minimum atomic E-state index is 0.177. The van der Waals surface area contributed by atoms with Crippen molar-refractivity contribution in [3.63, 3.8) is 0 Å². The Morgan fingerprint density at radius 3 is 1.50 bits per heavy atom. The van der Waals surface area contributed by atoms with Crippen molar-refractivity contribution in [2.24, 2.45) is 23.7 Å². The van der Waals surface area contributed by atoms with Crippen LogP contribution >= 0.6 is 23.5 Å². The molecule has 0 radical (unpaired) electrons. The maximum atomic E-state index is 12.3. The van der Waals surface area contributed by atoms with Gasteiger partial charge in [-0.2, -0.15) is 23.5 Å². The van der Waals surface area contributed by atoms with Crippen molar-refractivity contribution in [1.82, 2.24) is 0 Å². The fourth-order valence-corrected chi connectivity index (χ4v) is 4.66. The maximum absolute atomic E-state index is 12.3. The lowest BCUT2D eigenvalue weighted by Crippen LogP contribution is -2.24. The van der Waals surface area contributed by atoms with Crippen molar-refractivity contribution in [1.29, 1.82) is 0 Å². The molecule has 0 N–H and O–H groups in total. The maximum Gasteiger partial charge on any atom is 0.140 e. The number of hydrogen-bond acceptors (Lipinski definition) is 3. The summed E-state index contributed by atoms with van der Waals surface area (Å²) in [6.07, 6.45) is 2.52. The van der Waals surface area contributed by atoms with Gasteiger partial charge in [-0.25, -0.2) is 0 Å². The van der Waals surface area contributed by atoms with Gasteiger partial charge in [0, 0.05) is 23.3 Å². The van der Waals surface area contributed by atoms with Gasteiger partial charge in [0.2, 0.25) is 0 Å². The van der Waals surface area contributed by atoms with Gasteiger partial charge < -0.3 is 0 Å². The Morgan fingerprint density at radius 1 is 0.800 bits per heavy atom. The minimum Gasteiger partial charge on any atom is -0.299 e. The van der Waals surface area contributed by atoms with E-state index in [9.17, 15) is 4.79 Å². The summed E-state index contributed by atoms with van der Waals surface area (Å²) in [4.78, 5) is 12.3. The summed E-state index contributed by atoms with van der Waals surface area (Å²) < 4.78 is 0. The monoisotopic (exact) mass is 318 g/mol. The zero-order valence-corrected chi connectivity index (χ0v) is 15.9. The second-order valence-corrected chi connectivity index (χ2v) is 9.07. The molecule has 0 aromatic carbocycles. The molecule has 0 amide bonds. The van der Waals surface area contributed by atoms with Gasteiger partial charge in [-0.1, -0.05) is 41.5 Å². The second-order valence-electron chi connectivity index (χ2n) is 6.77. The topological polar surface area (TPSA) is 17.1 Å². The van der Waals surface area contributed by atoms with Crippen LogP contribution in [0.5, 0.6) is 0 Å². The highest BCUT2D eigenvalue weighted by Gasteiger charge is 2.21. The second kappa shape index (κ2) is 12.0. The molecular weight excluding hydrogens is 284 g/mol. The van der Waals surface area contributed by atoms with Crippen LogP contribution in [-0.4, -0.2) is 28.8 Å². The van der Waals surface area contributed by atoms with E-state index in [0.29, 0.717) is 5.78 Å². The smallest absolute Gasteiger partial charge is 0.140 e. The largest absolute Gasteiger partial charge is 0.299 e. The van der Waals surface area contributed by atoms with Gasteiger partial charge in [-0.15, -0.1) is 0 Å². The Hall–Kier alpha value is 0.370. The molecule has 0 spiro atoms. The average molecular weight is 319 g/mol. The highest BCUT2D eigenvalue weighted by Crippen LogP contribution is 2.21. The van der Waals surface area contributed by atoms with E-state index in [1.807, 2.05) is 37.4 Å². The first-order valence-electron chi connectivity index (χ1n) is 8.03. The van der Waals surface area contributed by atoms with E-state index in [2.05, 4.69) is 27.7 Å². The average Bonchev–Trinajstić information content (AvgIpc) is 2.35. The molecule has 120 valence electrons. The van der Waals surface area contributed by atoms with Crippen LogP contribution in [0.3, 0.4) is 0 Å². The molecule has 1 nitrogen and oxygen atoms in total. The van der Waals surface area contributed by atoms with Gasteiger partial charge in [0.05, 0.1) is 0 Å². The summed E-state index contributed by atoms with van der Waals surface area (Å²) in [7, 11) is 0. The number of Topliss-reactive ketones (excluding diaryl/α,β-unsaturated/α-hetero) is 1. The van der Waals surface area contributed by atoms with Gasteiger partial charge in [-0.05, 0) is 36.2 Å².